The minimum absolute atomic E-state index is 0.0865. The molecule has 1 aromatic heterocycles. The van der Waals surface area contributed by atoms with Crippen LogP contribution in [0.25, 0.3) is 0 Å². The monoisotopic (exact) mass is 349 g/mol. The number of nitrogens with one attached hydrogen (secondary N) is 2. The number of aromatic nitrogens is 2. The summed E-state index contributed by atoms with van der Waals surface area (Å²) >= 11 is 0. The Balaban J connectivity index is 1.69. The Bertz CT molecular complexity index is 637. The van der Waals surface area contributed by atoms with Gasteiger partial charge in [-0.3, -0.25) is 4.68 Å². The van der Waals surface area contributed by atoms with Gasteiger partial charge >= 0.3 is 0 Å². The smallest absolute Gasteiger partial charge is 0.191 e. The van der Waals surface area contributed by atoms with Gasteiger partial charge in [0.05, 0.1) is 18.8 Å². The fraction of sp³-hybridized carbons (Fsp3) is 0.778. The Morgan fingerprint density at radius 1 is 1.56 bits per heavy atom. The molecule has 4 atom stereocenters. The van der Waals surface area contributed by atoms with Gasteiger partial charge < -0.3 is 20.5 Å². The summed E-state index contributed by atoms with van der Waals surface area (Å²) in [7, 11) is 1.84. The molecule has 3 N–H and O–H groups in total. The minimum atomic E-state index is -1.05. The second kappa shape index (κ2) is 6.61. The molecular formula is C18H31N5O2. The topological polar surface area (TPSA) is 83.7 Å². The number of guanidine groups is 1. The zero-order valence-corrected chi connectivity index (χ0v) is 15.9. The molecule has 1 aliphatic carbocycles. The van der Waals surface area contributed by atoms with Crippen LogP contribution in [0.15, 0.2) is 17.4 Å². The van der Waals surface area contributed by atoms with Crippen molar-refractivity contribution >= 4 is 5.96 Å². The molecule has 2 aliphatic rings. The molecule has 0 amide bonds. The summed E-state index contributed by atoms with van der Waals surface area (Å²) in [6, 6.07) is 0.334. The Kier molecular flexibility index (Phi) is 4.81. The van der Waals surface area contributed by atoms with Crippen LogP contribution in [-0.4, -0.2) is 52.7 Å². The number of rotatable bonds is 5. The molecule has 7 heteroatoms. The highest BCUT2D eigenvalue weighted by atomic mass is 16.5. The SMILES string of the molecule is CCNC(=NCC(C)(O)c1cnn(C)c1)NC1C2CCOC2C1(C)C. The van der Waals surface area contributed by atoms with E-state index in [0.29, 0.717) is 18.1 Å². The van der Waals surface area contributed by atoms with E-state index in [1.165, 1.54) is 0 Å². The van der Waals surface area contributed by atoms with E-state index < -0.39 is 5.60 Å². The molecule has 0 aromatic carbocycles. The molecule has 0 bridgehead atoms. The molecule has 140 valence electrons. The summed E-state index contributed by atoms with van der Waals surface area (Å²) < 4.78 is 7.55. The van der Waals surface area contributed by atoms with Gasteiger partial charge in [-0.05, 0) is 20.3 Å². The molecule has 1 saturated carbocycles. The average Bonchev–Trinajstić information content (AvgIpc) is 3.18. The van der Waals surface area contributed by atoms with Gasteiger partial charge in [-0.1, -0.05) is 13.8 Å². The van der Waals surface area contributed by atoms with Gasteiger partial charge in [0.15, 0.2) is 5.96 Å². The van der Waals surface area contributed by atoms with Crippen LogP contribution in [0.1, 0.15) is 39.7 Å². The first-order valence-electron chi connectivity index (χ1n) is 9.13. The van der Waals surface area contributed by atoms with Gasteiger partial charge in [-0.25, -0.2) is 4.99 Å². The maximum absolute atomic E-state index is 10.7. The summed E-state index contributed by atoms with van der Waals surface area (Å²) in [6.07, 6.45) is 4.95. The molecular weight excluding hydrogens is 318 g/mol. The Morgan fingerprint density at radius 2 is 2.32 bits per heavy atom. The van der Waals surface area contributed by atoms with Gasteiger partial charge in [-0.2, -0.15) is 5.10 Å². The third-order valence-corrected chi connectivity index (χ3v) is 5.61. The largest absolute Gasteiger partial charge is 0.383 e. The number of aliphatic hydroxyl groups is 1. The number of hydrogen-bond acceptors (Lipinski definition) is 4. The average molecular weight is 349 g/mol. The predicted molar refractivity (Wildman–Crippen MR) is 97.3 cm³/mol. The van der Waals surface area contributed by atoms with Crippen LogP contribution in [0.3, 0.4) is 0 Å². The van der Waals surface area contributed by atoms with Crippen LogP contribution in [0.2, 0.25) is 0 Å². The van der Waals surface area contributed by atoms with Crippen molar-refractivity contribution in [3.8, 4) is 0 Å². The lowest BCUT2D eigenvalue weighted by Crippen LogP contribution is -2.68. The Morgan fingerprint density at radius 3 is 2.96 bits per heavy atom. The maximum Gasteiger partial charge on any atom is 0.191 e. The molecule has 0 spiro atoms. The molecule has 2 heterocycles. The second-order valence-corrected chi connectivity index (χ2v) is 8.06. The van der Waals surface area contributed by atoms with Gasteiger partial charge in [-0.15, -0.1) is 0 Å². The van der Waals surface area contributed by atoms with Crippen LogP contribution < -0.4 is 10.6 Å². The van der Waals surface area contributed by atoms with Crippen LogP contribution in [0.4, 0.5) is 0 Å². The summed E-state index contributed by atoms with van der Waals surface area (Å²) in [5.41, 5.74) is -0.198. The number of nitrogens with zero attached hydrogens (tertiary/aromatic N) is 3. The predicted octanol–water partition coefficient (Wildman–Crippen LogP) is 0.996. The van der Waals surface area contributed by atoms with Gasteiger partial charge in [0, 0.05) is 49.3 Å². The normalized spacial score (nSPS) is 30.3. The maximum atomic E-state index is 10.7. The zero-order valence-electron chi connectivity index (χ0n) is 15.9. The van der Waals surface area contributed by atoms with E-state index >= 15 is 0 Å². The highest BCUT2D eigenvalue weighted by molar-refractivity contribution is 5.80. The molecule has 1 aliphatic heterocycles. The van der Waals surface area contributed by atoms with Crippen molar-refractivity contribution in [3.05, 3.63) is 18.0 Å². The summed E-state index contributed by atoms with van der Waals surface area (Å²) in [4.78, 5) is 4.64. The van der Waals surface area contributed by atoms with E-state index in [2.05, 4.69) is 34.6 Å². The standard InChI is InChI=1S/C18H31N5O2/c1-6-19-16(20-11-18(4,24)12-9-21-23(5)10-12)22-14-13-7-8-25-15(13)17(14,2)3/h9-10,13-15,24H,6-8,11H2,1-5H3,(H2,19,20,22). The molecule has 7 nitrogen and oxygen atoms in total. The summed E-state index contributed by atoms with van der Waals surface area (Å²) in [5, 5.41) is 21.7. The lowest BCUT2D eigenvalue weighted by molar-refractivity contribution is -0.106. The first-order valence-corrected chi connectivity index (χ1v) is 9.13. The third kappa shape index (κ3) is 3.40. The van der Waals surface area contributed by atoms with Crippen molar-refractivity contribution in [3.63, 3.8) is 0 Å². The van der Waals surface area contributed by atoms with Crippen LogP contribution in [0.5, 0.6) is 0 Å². The lowest BCUT2D eigenvalue weighted by Gasteiger charge is -2.55. The van der Waals surface area contributed by atoms with E-state index in [-0.39, 0.29) is 12.0 Å². The van der Waals surface area contributed by atoms with E-state index in [4.69, 9.17) is 4.74 Å². The van der Waals surface area contributed by atoms with Crippen molar-refractivity contribution in [1.82, 2.24) is 20.4 Å². The molecule has 1 saturated heterocycles. The zero-order chi connectivity index (χ0) is 18.2. The molecule has 0 radical (unpaired) electrons. The van der Waals surface area contributed by atoms with E-state index in [1.54, 1.807) is 17.8 Å². The number of aryl methyl sites for hydroxylation is 1. The van der Waals surface area contributed by atoms with Crippen molar-refractivity contribution in [1.29, 1.82) is 0 Å². The number of hydrogen-bond donors (Lipinski definition) is 3. The summed E-state index contributed by atoms with van der Waals surface area (Å²) in [6.45, 7) is 10.2. The number of fused-ring (bicyclic) bond motifs is 1. The van der Waals surface area contributed by atoms with Crippen molar-refractivity contribution in [2.24, 2.45) is 23.4 Å². The first-order chi connectivity index (χ1) is 11.8. The number of aliphatic imine (C=N–C) groups is 1. The quantitative estimate of drug-likeness (QED) is 0.545. The van der Waals surface area contributed by atoms with Gasteiger partial charge in [0.1, 0.15) is 5.60 Å². The molecule has 3 rings (SSSR count). The van der Waals surface area contributed by atoms with Crippen LogP contribution in [0, 0.1) is 11.3 Å². The Hall–Kier alpha value is -1.60. The molecule has 25 heavy (non-hydrogen) atoms. The summed E-state index contributed by atoms with van der Waals surface area (Å²) in [5.74, 6) is 1.28. The fourth-order valence-corrected chi connectivity index (χ4v) is 4.11. The Labute approximate surface area is 149 Å². The molecule has 2 fully saturated rings. The number of ether oxygens (including phenoxy) is 1. The van der Waals surface area contributed by atoms with Gasteiger partial charge in [0.25, 0.3) is 0 Å². The first kappa shape index (κ1) is 18.2. The second-order valence-electron chi connectivity index (χ2n) is 8.06. The highest BCUT2D eigenvalue weighted by Crippen LogP contribution is 2.52. The minimum Gasteiger partial charge on any atom is -0.383 e. The third-order valence-electron chi connectivity index (χ3n) is 5.61. The van der Waals surface area contributed by atoms with Crippen molar-refractivity contribution in [2.45, 2.75) is 51.9 Å². The van der Waals surface area contributed by atoms with E-state index in [0.717, 1.165) is 31.1 Å². The van der Waals surface area contributed by atoms with Crippen molar-refractivity contribution < 1.29 is 9.84 Å². The fourth-order valence-electron chi connectivity index (χ4n) is 4.11. The van der Waals surface area contributed by atoms with Gasteiger partial charge in [0.2, 0.25) is 0 Å². The molecule has 1 aromatic rings. The molecule has 4 unspecified atom stereocenters. The van der Waals surface area contributed by atoms with Crippen LogP contribution in [-0.2, 0) is 17.4 Å². The van der Waals surface area contributed by atoms with Crippen molar-refractivity contribution in [2.75, 3.05) is 19.7 Å². The van der Waals surface area contributed by atoms with E-state index in [1.807, 2.05) is 20.2 Å². The van der Waals surface area contributed by atoms with E-state index in [9.17, 15) is 5.11 Å². The lowest BCUT2D eigenvalue weighted by atomic mass is 9.57. The van der Waals surface area contributed by atoms with Crippen LogP contribution >= 0.6 is 0 Å². The highest BCUT2D eigenvalue weighted by Gasteiger charge is 2.59.